The maximum absolute atomic E-state index is 11.6. The monoisotopic (exact) mass is 491 g/mol. The molecule has 2 aliphatic heterocycles. The van der Waals surface area contributed by atoms with Crippen LogP contribution in [0.1, 0.15) is 6.92 Å². The Bertz CT molecular complexity index is 777. The van der Waals surface area contributed by atoms with Crippen molar-refractivity contribution >= 4 is 22.3 Å². The number of aliphatic hydroxyl groups excluding tert-OH is 4. The van der Waals surface area contributed by atoms with Gasteiger partial charge in [-0.3, -0.25) is 9.35 Å². The molecule has 32 heavy (non-hydrogen) atoms. The van der Waals surface area contributed by atoms with Crippen LogP contribution in [0, 0.1) is 0 Å². The summed E-state index contributed by atoms with van der Waals surface area (Å²) in [6.07, 6.45) is -16.4. The van der Waals surface area contributed by atoms with Crippen molar-refractivity contribution < 1.29 is 71.2 Å². The van der Waals surface area contributed by atoms with Gasteiger partial charge in [-0.05, 0) is 0 Å². The predicted molar refractivity (Wildman–Crippen MR) is 96.0 cm³/mol. The zero-order valence-electron chi connectivity index (χ0n) is 16.7. The molecule has 17 heteroatoms. The zero-order valence-corrected chi connectivity index (χ0v) is 17.6. The number of rotatable bonds is 8. The Morgan fingerprint density at radius 1 is 1.06 bits per heavy atom. The van der Waals surface area contributed by atoms with Crippen molar-refractivity contribution in [2.45, 2.75) is 68.3 Å². The van der Waals surface area contributed by atoms with E-state index in [0.29, 0.717) is 0 Å². The number of carboxylic acid groups (broad SMARTS) is 1. The number of carbonyl (C=O) groups excluding carboxylic acids is 1. The van der Waals surface area contributed by atoms with E-state index in [-0.39, 0.29) is 0 Å². The number of ether oxygens (including phenoxy) is 4. The molecule has 1 amide bonds. The van der Waals surface area contributed by atoms with Gasteiger partial charge in [-0.1, -0.05) is 0 Å². The molecule has 0 aliphatic carbocycles. The highest BCUT2D eigenvalue weighted by Crippen LogP contribution is 2.31. The Morgan fingerprint density at radius 2 is 1.69 bits per heavy atom. The smallest absolute Gasteiger partial charge is 0.397 e. The molecule has 2 saturated heterocycles. The standard InChI is InChI=1S/C15H25NO15S/c1-4(18)16-6-10(9(31-32(24,25)26)5(3-17)28-14(6)23)29-15-8(20)7(19)11(27-2)12(30-15)13(21)22/h5-12,14-15,17,19-20,23H,3H2,1-2H3,(H,16,18)(H,21,22)(H,24,25,26)/t5?,6-,7-,8?,9?,10+,11-,12?,14?,15+/m0/s1. The Balaban J connectivity index is 2.43. The maximum atomic E-state index is 11.6. The van der Waals surface area contributed by atoms with Gasteiger partial charge in [-0.25, -0.2) is 8.98 Å². The van der Waals surface area contributed by atoms with Crippen LogP contribution < -0.4 is 5.32 Å². The van der Waals surface area contributed by atoms with Gasteiger partial charge < -0.3 is 49.8 Å². The predicted octanol–water partition coefficient (Wildman–Crippen LogP) is -4.68. The van der Waals surface area contributed by atoms with E-state index in [2.05, 4.69) is 9.50 Å². The van der Waals surface area contributed by atoms with Crippen LogP contribution in [0.3, 0.4) is 0 Å². The SMILES string of the molecule is CO[C@@H]1C(C(=O)O)O[C@@H](O[C@H]2C(OS(=O)(=O)O)C(CO)OC(O)[C@H]2NC(C)=O)C(O)[C@@H]1O. The van der Waals surface area contributed by atoms with Crippen LogP contribution in [0.15, 0.2) is 0 Å². The molecule has 186 valence electrons. The second-order valence-corrected chi connectivity index (χ2v) is 8.06. The Kier molecular flexibility index (Phi) is 8.87. The van der Waals surface area contributed by atoms with E-state index in [4.69, 9.17) is 23.5 Å². The van der Waals surface area contributed by atoms with Crippen molar-refractivity contribution in [3.05, 3.63) is 0 Å². The van der Waals surface area contributed by atoms with Crippen LogP contribution in [0.25, 0.3) is 0 Å². The quantitative estimate of drug-likeness (QED) is 0.158. The summed E-state index contributed by atoms with van der Waals surface area (Å²) in [4.78, 5) is 23.1. The van der Waals surface area contributed by atoms with Crippen LogP contribution >= 0.6 is 0 Å². The minimum atomic E-state index is -5.20. The highest BCUT2D eigenvalue weighted by molar-refractivity contribution is 7.80. The summed E-state index contributed by atoms with van der Waals surface area (Å²) in [6, 6.07) is -1.61. The fourth-order valence-electron chi connectivity index (χ4n) is 3.44. The summed E-state index contributed by atoms with van der Waals surface area (Å²) in [5.74, 6) is -2.35. The van der Waals surface area contributed by atoms with Crippen LogP contribution in [-0.2, 0) is 43.1 Å². The number of hydrogen-bond donors (Lipinski definition) is 7. The van der Waals surface area contributed by atoms with Gasteiger partial charge in [0.1, 0.15) is 42.7 Å². The topological polar surface area (TPSA) is 248 Å². The lowest BCUT2D eigenvalue weighted by Crippen LogP contribution is -2.68. The van der Waals surface area contributed by atoms with Crippen LogP contribution in [0.2, 0.25) is 0 Å². The second-order valence-electron chi connectivity index (χ2n) is 7.01. The molecule has 7 N–H and O–H groups in total. The second kappa shape index (κ2) is 10.6. The first-order valence-corrected chi connectivity index (χ1v) is 10.5. The summed E-state index contributed by atoms with van der Waals surface area (Å²) in [7, 11) is -4.14. The van der Waals surface area contributed by atoms with E-state index < -0.39 is 90.2 Å². The third-order valence-corrected chi connectivity index (χ3v) is 5.26. The van der Waals surface area contributed by atoms with Gasteiger partial charge in [-0.2, -0.15) is 8.42 Å². The van der Waals surface area contributed by atoms with E-state index in [1.165, 1.54) is 0 Å². The van der Waals surface area contributed by atoms with E-state index >= 15 is 0 Å². The molecule has 2 aliphatic rings. The number of methoxy groups -OCH3 is 1. The number of carbonyl (C=O) groups is 2. The van der Waals surface area contributed by atoms with Gasteiger partial charge in [0.25, 0.3) is 0 Å². The molecule has 5 unspecified atom stereocenters. The molecule has 2 heterocycles. The van der Waals surface area contributed by atoms with E-state index in [9.17, 15) is 43.5 Å². The summed E-state index contributed by atoms with van der Waals surface area (Å²) in [5, 5.41) is 51.8. The lowest BCUT2D eigenvalue weighted by molar-refractivity contribution is -0.336. The number of amides is 1. The van der Waals surface area contributed by atoms with E-state index in [0.717, 1.165) is 14.0 Å². The highest BCUT2D eigenvalue weighted by atomic mass is 32.3. The lowest BCUT2D eigenvalue weighted by atomic mass is 9.95. The number of aliphatic hydroxyl groups is 4. The molecular formula is C15H25NO15S. The minimum absolute atomic E-state index is 0.757. The maximum Gasteiger partial charge on any atom is 0.397 e. The molecule has 16 nitrogen and oxygen atoms in total. The van der Waals surface area contributed by atoms with E-state index in [1.54, 1.807) is 0 Å². The zero-order chi connectivity index (χ0) is 24.4. The Morgan fingerprint density at radius 3 is 2.16 bits per heavy atom. The number of carboxylic acids is 1. The fraction of sp³-hybridized carbons (Fsp3) is 0.867. The molecule has 2 fully saturated rings. The third-order valence-electron chi connectivity index (χ3n) is 4.80. The molecule has 0 aromatic rings. The first-order valence-electron chi connectivity index (χ1n) is 9.10. The van der Waals surface area contributed by atoms with Crippen molar-refractivity contribution in [3.63, 3.8) is 0 Å². The fourth-order valence-corrected chi connectivity index (χ4v) is 3.95. The third kappa shape index (κ3) is 6.08. The minimum Gasteiger partial charge on any atom is -0.479 e. The van der Waals surface area contributed by atoms with Crippen LogP contribution in [0.5, 0.6) is 0 Å². The van der Waals surface area contributed by atoms with Crippen LogP contribution in [0.4, 0.5) is 0 Å². The van der Waals surface area contributed by atoms with Crippen molar-refractivity contribution in [1.29, 1.82) is 0 Å². The molecular weight excluding hydrogens is 466 g/mol. The van der Waals surface area contributed by atoms with Gasteiger partial charge in [0.05, 0.1) is 6.61 Å². The number of nitrogens with one attached hydrogen (secondary N) is 1. The van der Waals surface area contributed by atoms with Gasteiger partial charge in [-0.15, -0.1) is 0 Å². The van der Waals surface area contributed by atoms with Gasteiger partial charge in [0, 0.05) is 14.0 Å². The summed E-state index contributed by atoms with van der Waals surface area (Å²) < 4.78 is 56.7. The average Bonchev–Trinajstić information content (AvgIpc) is 2.68. The molecule has 0 aromatic heterocycles. The highest BCUT2D eigenvalue weighted by Gasteiger charge is 2.54. The first kappa shape index (κ1) is 26.7. The average molecular weight is 491 g/mol. The summed E-state index contributed by atoms with van der Waals surface area (Å²) in [5.41, 5.74) is 0. The molecule has 10 atom stereocenters. The Labute approximate surface area is 181 Å². The first-order chi connectivity index (χ1) is 14.8. The molecule has 0 aromatic carbocycles. The summed E-state index contributed by atoms with van der Waals surface area (Å²) in [6.45, 7) is 0.0734. The van der Waals surface area contributed by atoms with Crippen molar-refractivity contribution in [2.75, 3.05) is 13.7 Å². The number of hydrogen-bond acceptors (Lipinski definition) is 13. The van der Waals surface area contributed by atoms with E-state index in [1.807, 2.05) is 0 Å². The summed E-state index contributed by atoms with van der Waals surface area (Å²) >= 11 is 0. The molecule has 2 rings (SSSR count). The van der Waals surface area contributed by atoms with Crippen molar-refractivity contribution in [3.8, 4) is 0 Å². The lowest BCUT2D eigenvalue weighted by Gasteiger charge is -2.47. The molecule has 0 bridgehead atoms. The van der Waals surface area contributed by atoms with Crippen LogP contribution in [-0.4, -0.2) is 125 Å². The Hall–Kier alpha value is -1.51. The molecule has 0 saturated carbocycles. The van der Waals surface area contributed by atoms with Gasteiger partial charge >= 0.3 is 16.4 Å². The normalized spacial score (nSPS) is 40.6. The van der Waals surface area contributed by atoms with Crippen molar-refractivity contribution in [2.24, 2.45) is 0 Å². The largest absolute Gasteiger partial charge is 0.479 e. The van der Waals surface area contributed by atoms with Gasteiger partial charge in [0.2, 0.25) is 5.91 Å². The number of aliphatic carboxylic acids is 1. The molecule has 0 spiro atoms. The van der Waals surface area contributed by atoms with Gasteiger partial charge in [0.15, 0.2) is 18.7 Å². The molecule has 0 radical (unpaired) electrons. The van der Waals surface area contributed by atoms with Crippen molar-refractivity contribution in [1.82, 2.24) is 5.32 Å².